The summed E-state index contributed by atoms with van der Waals surface area (Å²) in [5.41, 5.74) is 1.45. The third-order valence-electron chi connectivity index (χ3n) is 7.16. The first kappa shape index (κ1) is 17.1. The number of benzene rings is 1. The first-order valence-electron chi connectivity index (χ1n) is 9.40. The van der Waals surface area contributed by atoms with Gasteiger partial charge in [0.15, 0.2) is 5.82 Å². The lowest BCUT2D eigenvalue weighted by atomic mass is 9.69. The molecule has 26 heavy (non-hydrogen) atoms. The smallest absolute Gasteiger partial charge is 0.315 e. The maximum atomic E-state index is 12.5. The molecule has 2 aliphatic rings. The van der Waals surface area contributed by atoms with E-state index in [0.29, 0.717) is 23.7 Å². The molecule has 2 saturated carbocycles. The summed E-state index contributed by atoms with van der Waals surface area (Å²) in [6, 6.07) is 10.0. The Kier molecular flexibility index (Phi) is 4.01. The van der Waals surface area contributed by atoms with Crippen LogP contribution in [0, 0.1) is 16.7 Å². The number of carbonyl (C=O) groups excluding carboxylic acids is 1. The van der Waals surface area contributed by atoms with Crippen LogP contribution >= 0.6 is 0 Å². The zero-order valence-corrected chi connectivity index (χ0v) is 15.7. The average Bonchev–Trinajstić information content (AvgIpc) is 3.23. The largest absolute Gasteiger partial charge is 0.335 e. The van der Waals surface area contributed by atoms with Gasteiger partial charge in [-0.3, -0.25) is 4.57 Å². The highest BCUT2D eigenvalue weighted by Crippen LogP contribution is 2.65. The summed E-state index contributed by atoms with van der Waals surface area (Å²) in [7, 11) is 0. The van der Waals surface area contributed by atoms with Crippen LogP contribution in [0.25, 0.3) is 5.69 Å². The molecular weight excluding hydrogens is 326 g/mol. The van der Waals surface area contributed by atoms with Gasteiger partial charge < -0.3 is 10.6 Å². The van der Waals surface area contributed by atoms with Crippen molar-refractivity contribution in [1.82, 2.24) is 25.4 Å². The Bertz CT molecular complexity index is 800. The van der Waals surface area contributed by atoms with Crippen molar-refractivity contribution in [3.63, 3.8) is 0 Å². The third kappa shape index (κ3) is 2.59. The van der Waals surface area contributed by atoms with Crippen LogP contribution in [0.5, 0.6) is 0 Å². The van der Waals surface area contributed by atoms with Crippen molar-refractivity contribution in [3.8, 4) is 5.69 Å². The maximum absolute atomic E-state index is 12.5. The predicted octanol–water partition coefficient (Wildman–Crippen LogP) is 3.28. The monoisotopic (exact) mass is 353 g/mol. The van der Waals surface area contributed by atoms with E-state index in [9.17, 15) is 4.79 Å². The number of hydrogen-bond acceptors (Lipinski definition) is 3. The number of amides is 2. The van der Waals surface area contributed by atoms with Gasteiger partial charge in [-0.15, -0.1) is 10.2 Å². The molecule has 0 saturated heterocycles. The minimum absolute atomic E-state index is 0.123. The van der Waals surface area contributed by atoms with Crippen LogP contribution in [-0.2, 0) is 6.54 Å². The van der Waals surface area contributed by atoms with Gasteiger partial charge in [0.05, 0.1) is 6.54 Å². The number of aromatic nitrogens is 3. The Morgan fingerprint density at radius 3 is 2.69 bits per heavy atom. The molecule has 1 aromatic heterocycles. The molecule has 2 bridgehead atoms. The molecule has 2 fully saturated rings. The van der Waals surface area contributed by atoms with E-state index in [1.54, 1.807) is 6.33 Å². The molecule has 0 spiro atoms. The zero-order chi connectivity index (χ0) is 18.4. The molecule has 138 valence electrons. The van der Waals surface area contributed by atoms with Crippen LogP contribution in [0.15, 0.2) is 36.7 Å². The molecule has 0 radical (unpaired) electrons. The van der Waals surface area contributed by atoms with E-state index in [4.69, 9.17) is 0 Å². The highest BCUT2D eigenvalue weighted by Gasteiger charge is 2.61. The summed E-state index contributed by atoms with van der Waals surface area (Å²) in [6.07, 6.45) is 5.22. The topological polar surface area (TPSA) is 71.8 Å². The lowest BCUT2D eigenvalue weighted by Gasteiger charge is -2.39. The second kappa shape index (κ2) is 6.11. The molecule has 3 atom stereocenters. The lowest BCUT2D eigenvalue weighted by molar-refractivity contribution is 0.123. The predicted molar refractivity (Wildman–Crippen MR) is 99.7 cm³/mol. The number of rotatable bonds is 4. The molecule has 6 heteroatoms. The van der Waals surface area contributed by atoms with Crippen LogP contribution in [0.3, 0.4) is 0 Å². The van der Waals surface area contributed by atoms with Gasteiger partial charge >= 0.3 is 6.03 Å². The fourth-order valence-electron chi connectivity index (χ4n) is 4.97. The highest BCUT2D eigenvalue weighted by atomic mass is 16.2. The number of nitrogens with one attached hydrogen (secondary N) is 2. The molecular formula is C20H27N5O. The lowest BCUT2D eigenvalue weighted by Crippen LogP contribution is -2.50. The van der Waals surface area contributed by atoms with Crippen LogP contribution in [0.2, 0.25) is 0 Å². The van der Waals surface area contributed by atoms with Gasteiger partial charge in [-0.05, 0) is 48.1 Å². The molecule has 1 heterocycles. The Morgan fingerprint density at radius 1 is 1.27 bits per heavy atom. The highest BCUT2D eigenvalue weighted by molar-refractivity contribution is 5.74. The van der Waals surface area contributed by atoms with E-state index in [0.717, 1.165) is 12.1 Å². The molecule has 2 amide bonds. The fourth-order valence-corrected chi connectivity index (χ4v) is 4.97. The van der Waals surface area contributed by atoms with Gasteiger partial charge in [0.1, 0.15) is 6.33 Å². The van der Waals surface area contributed by atoms with E-state index in [1.807, 2.05) is 34.9 Å². The Balaban J connectivity index is 1.38. The van der Waals surface area contributed by atoms with Crippen LogP contribution in [0.1, 0.15) is 45.9 Å². The molecule has 0 unspecified atom stereocenters. The molecule has 6 nitrogen and oxygen atoms in total. The number of hydrogen-bond donors (Lipinski definition) is 2. The second-order valence-electron chi connectivity index (χ2n) is 8.44. The van der Waals surface area contributed by atoms with Crippen LogP contribution in [-0.4, -0.2) is 26.8 Å². The van der Waals surface area contributed by atoms with Crippen molar-refractivity contribution in [1.29, 1.82) is 0 Å². The van der Waals surface area contributed by atoms with Crippen molar-refractivity contribution < 1.29 is 4.79 Å². The van der Waals surface area contributed by atoms with Gasteiger partial charge in [-0.1, -0.05) is 39.0 Å². The van der Waals surface area contributed by atoms with Crippen molar-refractivity contribution in [2.45, 2.75) is 52.6 Å². The average molecular weight is 353 g/mol. The molecule has 2 aliphatic carbocycles. The summed E-state index contributed by atoms with van der Waals surface area (Å²) in [5.74, 6) is 1.42. The number of nitrogens with zero attached hydrogens (tertiary/aromatic N) is 3. The normalized spacial score (nSPS) is 28.9. The summed E-state index contributed by atoms with van der Waals surface area (Å²) in [6.45, 7) is 7.38. The van der Waals surface area contributed by atoms with Gasteiger partial charge in [-0.2, -0.15) is 0 Å². The van der Waals surface area contributed by atoms with Crippen molar-refractivity contribution >= 4 is 6.03 Å². The number of carbonyl (C=O) groups is 1. The standard InChI is InChI=1S/C20H27N5O/c1-19(2)14-9-10-20(19,3)16(11-14)23-18(26)21-12-17-24-22-13-25(17)15-7-5-4-6-8-15/h4-8,13-14,16H,9-12H2,1-3H3,(H2,21,23,26)/t14-,16-,20-/m0/s1. The van der Waals surface area contributed by atoms with E-state index >= 15 is 0 Å². The summed E-state index contributed by atoms with van der Waals surface area (Å²) in [5, 5.41) is 14.3. The zero-order valence-electron chi connectivity index (χ0n) is 15.7. The Morgan fingerprint density at radius 2 is 2.04 bits per heavy atom. The fraction of sp³-hybridized carbons (Fsp3) is 0.550. The third-order valence-corrected chi connectivity index (χ3v) is 7.16. The minimum Gasteiger partial charge on any atom is -0.335 e. The molecule has 2 aromatic rings. The maximum Gasteiger partial charge on any atom is 0.315 e. The first-order chi connectivity index (χ1) is 12.4. The van der Waals surface area contributed by atoms with E-state index < -0.39 is 0 Å². The first-order valence-corrected chi connectivity index (χ1v) is 9.40. The SMILES string of the molecule is CC1(C)[C@H]2CC[C@@]1(C)[C@@H](NC(=O)NCc1nncn1-c1ccccc1)C2. The molecule has 4 rings (SSSR count). The number of urea groups is 1. The summed E-state index contributed by atoms with van der Waals surface area (Å²) < 4.78 is 1.89. The van der Waals surface area contributed by atoms with Gasteiger partial charge in [-0.25, -0.2) is 4.79 Å². The molecule has 2 N–H and O–H groups in total. The Labute approximate surface area is 154 Å². The van der Waals surface area contributed by atoms with E-state index in [2.05, 4.69) is 41.6 Å². The summed E-state index contributed by atoms with van der Waals surface area (Å²) in [4.78, 5) is 12.5. The minimum atomic E-state index is -0.123. The van der Waals surface area contributed by atoms with Crippen molar-refractivity contribution in [3.05, 3.63) is 42.5 Å². The van der Waals surface area contributed by atoms with Crippen molar-refractivity contribution in [2.75, 3.05) is 0 Å². The second-order valence-corrected chi connectivity index (χ2v) is 8.44. The van der Waals surface area contributed by atoms with Crippen LogP contribution in [0.4, 0.5) is 4.79 Å². The van der Waals surface area contributed by atoms with Crippen molar-refractivity contribution in [2.24, 2.45) is 16.7 Å². The quantitative estimate of drug-likeness (QED) is 0.886. The van der Waals surface area contributed by atoms with Gasteiger partial charge in [0.25, 0.3) is 0 Å². The van der Waals surface area contributed by atoms with E-state index in [-0.39, 0.29) is 17.5 Å². The number of fused-ring (bicyclic) bond motifs is 2. The molecule has 1 aromatic carbocycles. The van der Waals surface area contributed by atoms with Gasteiger partial charge in [0.2, 0.25) is 0 Å². The van der Waals surface area contributed by atoms with Gasteiger partial charge in [0, 0.05) is 11.7 Å². The van der Waals surface area contributed by atoms with Crippen LogP contribution < -0.4 is 10.6 Å². The Hall–Kier alpha value is -2.37. The molecule has 0 aliphatic heterocycles. The van der Waals surface area contributed by atoms with E-state index in [1.165, 1.54) is 12.8 Å². The number of para-hydroxylation sites is 1. The summed E-state index contributed by atoms with van der Waals surface area (Å²) >= 11 is 0.